The molecule has 1 aromatic carbocycles. The lowest BCUT2D eigenvalue weighted by Crippen LogP contribution is -3.13. The van der Waals surface area contributed by atoms with Crippen molar-refractivity contribution in [1.82, 2.24) is 0 Å². The summed E-state index contributed by atoms with van der Waals surface area (Å²) in [6.07, 6.45) is 0. The van der Waals surface area contributed by atoms with Crippen LogP contribution in [0.5, 0.6) is 0 Å². The van der Waals surface area contributed by atoms with Crippen LogP contribution in [0.1, 0.15) is 25.5 Å². The van der Waals surface area contributed by atoms with Crippen molar-refractivity contribution in [1.29, 1.82) is 0 Å². The number of Topliss-reactive ketones (excluding diaryl/α,β-unsaturated/α-hetero) is 1. The fourth-order valence-corrected chi connectivity index (χ4v) is 3.13. The van der Waals surface area contributed by atoms with Gasteiger partial charge in [-0.1, -0.05) is 28.9 Å². The second kappa shape index (κ2) is 4.94. The van der Waals surface area contributed by atoms with E-state index in [-0.39, 0.29) is 17.5 Å². The van der Waals surface area contributed by atoms with Crippen LogP contribution in [-0.4, -0.2) is 30.3 Å². The van der Waals surface area contributed by atoms with Crippen molar-refractivity contribution >= 4 is 23.1 Å². The van der Waals surface area contributed by atoms with Crippen LogP contribution >= 0.6 is 11.6 Å². The lowest BCUT2D eigenvalue weighted by molar-refractivity contribution is -0.911. The SMILES string of the molecule is C[NH+]1C/C(=N\O)C(=O)C(C)(C)[C@H]1c1ccc(Cl)cc1. The van der Waals surface area contributed by atoms with Crippen LogP contribution in [0.15, 0.2) is 29.4 Å². The van der Waals surface area contributed by atoms with Crippen molar-refractivity contribution in [2.45, 2.75) is 19.9 Å². The number of hydrogen-bond acceptors (Lipinski definition) is 3. The Kier molecular flexibility index (Phi) is 3.65. The van der Waals surface area contributed by atoms with Crippen molar-refractivity contribution in [2.75, 3.05) is 13.6 Å². The maximum atomic E-state index is 12.3. The third-order valence-electron chi connectivity index (χ3n) is 3.83. The Bertz CT molecular complexity index is 523. The van der Waals surface area contributed by atoms with Gasteiger partial charge in [-0.2, -0.15) is 0 Å². The maximum Gasteiger partial charge on any atom is 0.198 e. The van der Waals surface area contributed by atoms with Crippen LogP contribution in [0.3, 0.4) is 0 Å². The Morgan fingerprint density at radius 3 is 2.47 bits per heavy atom. The molecular weight excluding hydrogens is 264 g/mol. The normalized spacial score (nSPS) is 28.6. The van der Waals surface area contributed by atoms with Crippen LogP contribution in [0.25, 0.3) is 0 Å². The van der Waals surface area contributed by atoms with E-state index in [1.807, 2.05) is 45.2 Å². The third-order valence-corrected chi connectivity index (χ3v) is 4.08. The molecular formula is C14H18ClN2O2+. The Morgan fingerprint density at radius 1 is 1.37 bits per heavy atom. The lowest BCUT2D eigenvalue weighted by atomic mass is 9.72. The summed E-state index contributed by atoms with van der Waals surface area (Å²) in [5, 5.41) is 12.8. The lowest BCUT2D eigenvalue weighted by Gasteiger charge is -2.40. The third kappa shape index (κ3) is 2.38. The zero-order chi connectivity index (χ0) is 14.2. The van der Waals surface area contributed by atoms with E-state index in [2.05, 4.69) is 5.16 Å². The van der Waals surface area contributed by atoms with Gasteiger partial charge in [0.05, 0.1) is 12.5 Å². The molecule has 0 saturated carbocycles. The fourth-order valence-electron chi connectivity index (χ4n) is 3.00. The Labute approximate surface area is 117 Å². The Balaban J connectivity index is 2.44. The molecule has 0 aromatic heterocycles. The molecule has 2 atom stereocenters. The molecule has 1 aliphatic rings. The summed E-state index contributed by atoms with van der Waals surface area (Å²) in [7, 11) is 2.00. The second-order valence-electron chi connectivity index (χ2n) is 5.61. The smallest absolute Gasteiger partial charge is 0.198 e. The average molecular weight is 282 g/mol. The summed E-state index contributed by atoms with van der Waals surface area (Å²) in [6, 6.07) is 7.59. The number of piperidine rings is 1. The fraction of sp³-hybridized carbons (Fsp3) is 0.429. The number of oxime groups is 1. The van der Waals surface area contributed by atoms with E-state index >= 15 is 0 Å². The number of nitrogens with zero attached hydrogens (tertiary/aromatic N) is 1. The van der Waals surface area contributed by atoms with Gasteiger partial charge in [0.15, 0.2) is 11.5 Å². The number of quaternary nitrogens is 1. The molecule has 0 aliphatic carbocycles. The van der Waals surface area contributed by atoms with Gasteiger partial charge in [0.1, 0.15) is 12.6 Å². The van der Waals surface area contributed by atoms with E-state index in [4.69, 9.17) is 16.8 Å². The number of ketones is 1. The van der Waals surface area contributed by atoms with Gasteiger partial charge in [-0.3, -0.25) is 4.79 Å². The monoisotopic (exact) mass is 281 g/mol. The average Bonchev–Trinajstić information content (AvgIpc) is 2.36. The zero-order valence-electron chi connectivity index (χ0n) is 11.3. The van der Waals surface area contributed by atoms with Crippen molar-refractivity contribution < 1.29 is 14.9 Å². The van der Waals surface area contributed by atoms with Gasteiger partial charge < -0.3 is 10.1 Å². The molecule has 4 nitrogen and oxygen atoms in total. The standard InChI is InChI=1S/C14H17ClN2O2/c1-14(2)12(9-4-6-10(15)7-5-9)17(3)8-11(16-19)13(14)18/h4-7,12,19H,8H2,1-3H3/p+1/b16-11+/t12-/m1/s1. The van der Waals surface area contributed by atoms with Gasteiger partial charge in [-0.05, 0) is 26.0 Å². The van der Waals surface area contributed by atoms with Gasteiger partial charge >= 0.3 is 0 Å². The van der Waals surface area contributed by atoms with Crippen molar-refractivity contribution in [3.05, 3.63) is 34.9 Å². The predicted octanol–water partition coefficient (Wildman–Crippen LogP) is 1.33. The first kappa shape index (κ1) is 14.0. The zero-order valence-corrected chi connectivity index (χ0v) is 12.0. The molecule has 1 heterocycles. The maximum absolute atomic E-state index is 12.3. The largest absolute Gasteiger partial charge is 0.410 e. The van der Waals surface area contributed by atoms with E-state index in [0.29, 0.717) is 11.6 Å². The van der Waals surface area contributed by atoms with Crippen molar-refractivity contribution in [3.63, 3.8) is 0 Å². The number of carbonyl (C=O) groups excluding carboxylic acids is 1. The Hall–Kier alpha value is -1.39. The second-order valence-corrected chi connectivity index (χ2v) is 6.04. The highest BCUT2D eigenvalue weighted by Crippen LogP contribution is 2.34. The van der Waals surface area contributed by atoms with E-state index in [0.717, 1.165) is 10.5 Å². The molecule has 0 bridgehead atoms. The van der Waals surface area contributed by atoms with Crippen LogP contribution in [0.4, 0.5) is 0 Å². The van der Waals surface area contributed by atoms with E-state index in [1.165, 1.54) is 0 Å². The summed E-state index contributed by atoms with van der Waals surface area (Å²) in [6.45, 7) is 4.21. The number of likely N-dealkylation sites (tertiary alicyclic amines) is 1. The van der Waals surface area contributed by atoms with Crippen LogP contribution < -0.4 is 4.90 Å². The minimum Gasteiger partial charge on any atom is -0.410 e. The quantitative estimate of drug-likeness (QED) is 0.603. The summed E-state index contributed by atoms with van der Waals surface area (Å²) >= 11 is 5.91. The summed E-state index contributed by atoms with van der Waals surface area (Å²) in [5.74, 6) is -0.0967. The van der Waals surface area contributed by atoms with Gasteiger partial charge in [0, 0.05) is 10.6 Å². The minimum absolute atomic E-state index is 0.0165. The highest BCUT2D eigenvalue weighted by atomic mass is 35.5. The van der Waals surface area contributed by atoms with Gasteiger partial charge in [-0.15, -0.1) is 0 Å². The molecule has 0 amide bonds. The molecule has 1 saturated heterocycles. The molecule has 0 radical (unpaired) electrons. The van der Waals surface area contributed by atoms with Crippen LogP contribution in [0.2, 0.25) is 5.02 Å². The highest BCUT2D eigenvalue weighted by Gasteiger charge is 2.50. The first-order chi connectivity index (χ1) is 8.87. The molecule has 1 aromatic rings. The number of rotatable bonds is 1. The number of halogens is 1. The van der Waals surface area contributed by atoms with E-state index in [9.17, 15) is 4.79 Å². The predicted molar refractivity (Wildman–Crippen MR) is 74.0 cm³/mol. The summed E-state index contributed by atoms with van der Waals surface area (Å²) in [4.78, 5) is 13.5. The molecule has 1 aliphatic heterocycles. The molecule has 1 unspecified atom stereocenters. The highest BCUT2D eigenvalue weighted by molar-refractivity contribution is 6.42. The van der Waals surface area contributed by atoms with E-state index in [1.54, 1.807) is 0 Å². The van der Waals surface area contributed by atoms with Crippen LogP contribution in [0, 0.1) is 5.41 Å². The number of hydrogen-bond donors (Lipinski definition) is 2. The number of nitrogens with one attached hydrogen (secondary N) is 1. The van der Waals surface area contributed by atoms with Gasteiger partial charge in [-0.25, -0.2) is 0 Å². The van der Waals surface area contributed by atoms with Crippen molar-refractivity contribution in [2.24, 2.45) is 10.6 Å². The topological polar surface area (TPSA) is 54.1 Å². The Morgan fingerprint density at radius 2 is 1.95 bits per heavy atom. The van der Waals surface area contributed by atoms with Crippen molar-refractivity contribution in [3.8, 4) is 0 Å². The number of carbonyl (C=O) groups is 1. The van der Waals surface area contributed by atoms with Gasteiger partial charge in [0.25, 0.3) is 0 Å². The molecule has 102 valence electrons. The molecule has 2 N–H and O–H groups in total. The molecule has 1 fully saturated rings. The van der Waals surface area contributed by atoms with Gasteiger partial charge in [0.2, 0.25) is 0 Å². The summed E-state index contributed by atoms with van der Waals surface area (Å²) in [5.41, 5.74) is 0.697. The van der Waals surface area contributed by atoms with E-state index < -0.39 is 5.41 Å². The number of benzene rings is 1. The first-order valence-electron chi connectivity index (χ1n) is 6.21. The minimum atomic E-state index is -0.613. The first-order valence-corrected chi connectivity index (χ1v) is 6.59. The molecule has 19 heavy (non-hydrogen) atoms. The molecule has 2 rings (SSSR count). The summed E-state index contributed by atoms with van der Waals surface area (Å²) < 4.78 is 0. The molecule has 5 heteroatoms. The molecule has 0 spiro atoms. The van der Waals surface area contributed by atoms with Crippen LogP contribution in [-0.2, 0) is 4.79 Å².